The largest absolute Gasteiger partial charge is 0.385 e. The van der Waals surface area contributed by atoms with Gasteiger partial charge in [-0.3, -0.25) is 9.59 Å². The lowest BCUT2D eigenvalue weighted by atomic mass is 10.2. The lowest BCUT2D eigenvalue weighted by Crippen LogP contribution is -2.26. The fourth-order valence-electron chi connectivity index (χ4n) is 2.08. The number of ether oxygens (including phenoxy) is 1. The highest BCUT2D eigenvalue weighted by atomic mass is 16.5. The summed E-state index contributed by atoms with van der Waals surface area (Å²) in [7, 11) is 1.62. The predicted octanol–water partition coefficient (Wildman–Crippen LogP) is 1.94. The van der Waals surface area contributed by atoms with Crippen LogP contribution in [-0.4, -0.2) is 42.0 Å². The quantitative estimate of drug-likeness (QED) is 0.633. The molecule has 132 valence electrons. The molecule has 0 fully saturated rings. The summed E-state index contributed by atoms with van der Waals surface area (Å²) in [6.07, 6.45) is 2.05. The molecule has 0 aliphatic heterocycles. The summed E-state index contributed by atoms with van der Waals surface area (Å²) in [5.41, 5.74) is 1.67. The van der Waals surface area contributed by atoms with Gasteiger partial charge in [-0.1, -0.05) is 6.07 Å². The van der Waals surface area contributed by atoms with Crippen LogP contribution in [0.15, 0.2) is 36.7 Å². The second kappa shape index (κ2) is 9.33. The number of methoxy groups -OCH3 is 1. The Morgan fingerprint density at radius 2 is 1.96 bits per heavy atom. The molecule has 0 saturated heterocycles. The Morgan fingerprint density at radius 3 is 2.72 bits per heavy atom. The zero-order chi connectivity index (χ0) is 18.1. The highest BCUT2D eigenvalue weighted by molar-refractivity contribution is 5.93. The molecule has 0 unspecified atom stereocenters. The number of nitrogens with zero attached hydrogens (tertiary/aromatic N) is 2. The smallest absolute Gasteiger partial charge is 0.270 e. The Balaban J connectivity index is 2.01. The summed E-state index contributed by atoms with van der Waals surface area (Å²) in [6, 6.07) is 8.76. The highest BCUT2D eigenvalue weighted by Gasteiger charge is 2.08. The van der Waals surface area contributed by atoms with E-state index >= 15 is 0 Å². The Kier molecular flexibility index (Phi) is 6.85. The van der Waals surface area contributed by atoms with E-state index in [1.165, 1.54) is 13.3 Å². The van der Waals surface area contributed by atoms with Gasteiger partial charge in [0.2, 0.25) is 5.91 Å². The van der Waals surface area contributed by atoms with Crippen LogP contribution in [-0.2, 0) is 9.53 Å². The standard InChI is InChI=1S/C17H21N5O3/c1-12(23)21-13-5-3-6-14(9-13)22-16-10-15(19-11-20-16)17(24)18-7-4-8-25-2/h3,5-6,9-11H,4,7-8H2,1-2H3,(H,18,24)(H,21,23)(H,19,20,22). The van der Waals surface area contributed by atoms with Crippen LogP contribution in [0, 0.1) is 0 Å². The molecule has 0 atom stereocenters. The highest BCUT2D eigenvalue weighted by Crippen LogP contribution is 2.19. The Bertz CT molecular complexity index is 736. The van der Waals surface area contributed by atoms with Crippen LogP contribution in [0.3, 0.4) is 0 Å². The van der Waals surface area contributed by atoms with E-state index in [0.717, 1.165) is 12.1 Å². The van der Waals surface area contributed by atoms with Crippen LogP contribution in [0.4, 0.5) is 17.2 Å². The lowest BCUT2D eigenvalue weighted by molar-refractivity contribution is -0.114. The average molecular weight is 343 g/mol. The molecule has 1 heterocycles. The van der Waals surface area contributed by atoms with E-state index in [-0.39, 0.29) is 17.5 Å². The van der Waals surface area contributed by atoms with Crippen molar-refractivity contribution in [1.82, 2.24) is 15.3 Å². The van der Waals surface area contributed by atoms with E-state index in [2.05, 4.69) is 25.9 Å². The van der Waals surface area contributed by atoms with Crippen LogP contribution in [0.1, 0.15) is 23.8 Å². The van der Waals surface area contributed by atoms with Crippen molar-refractivity contribution in [2.45, 2.75) is 13.3 Å². The van der Waals surface area contributed by atoms with Gasteiger partial charge in [-0.2, -0.15) is 0 Å². The number of carbonyl (C=O) groups excluding carboxylic acids is 2. The zero-order valence-electron chi connectivity index (χ0n) is 14.2. The first-order chi connectivity index (χ1) is 12.1. The van der Waals surface area contributed by atoms with Crippen LogP contribution in [0.25, 0.3) is 0 Å². The fraction of sp³-hybridized carbons (Fsp3) is 0.294. The van der Waals surface area contributed by atoms with Crippen molar-refractivity contribution in [3.05, 3.63) is 42.4 Å². The van der Waals surface area contributed by atoms with Gasteiger partial charge in [-0.25, -0.2) is 9.97 Å². The molecule has 25 heavy (non-hydrogen) atoms. The van der Waals surface area contributed by atoms with Gasteiger partial charge in [0.15, 0.2) is 0 Å². The van der Waals surface area contributed by atoms with Crippen LogP contribution in [0.2, 0.25) is 0 Å². The van der Waals surface area contributed by atoms with E-state index < -0.39 is 0 Å². The molecular weight excluding hydrogens is 322 g/mol. The number of hydrogen-bond donors (Lipinski definition) is 3. The van der Waals surface area contributed by atoms with E-state index in [1.54, 1.807) is 31.4 Å². The molecule has 0 bridgehead atoms. The van der Waals surface area contributed by atoms with Crippen LogP contribution >= 0.6 is 0 Å². The van der Waals surface area contributed by atoms with Crippen LogP contribution in [0.5, 0.6) is 0 Å². The Morgan fingerprint density at radius 1 is 1.16 bits per heavy atom. The van der Waals surface area contributed by atoms with Crippen molar-refractivity contribution in [3.8, 4) is 0 Å². The topological polar surface area (TPSA) is 105 Å². The molecule has 0 radical (unpaired) electrons. The Labute approximate surface area is 146 Å². The number of aromatic nitrogens is 2. The molecule has 3 N–H and O–H groups in total. The molecule has 0 spiro atoms. The molecule has 1 aromatic heterocycles. The number of benzene rings is 1. The summed E-state index contributed by atoms with van der Waals surface area (Å²) in [5, 5.41) is 8.57. The molecule has 2 rings (SSSR count). The van der Waals surface area contributed by atoms with Crippen molar-refractivity contribution in [2.75, 3.05) is 30.9 Å². The van der Waals surface area contributed by atoms with Gasteiger partial charge in [0.1, 0.15) is 17.8 Å². The van der Waals surface area contributed by atoms with Gasteiger partial charge in [0.05, 0.1) is 0 Å². The van der Waals surface area contributed by atoms with Gasteiger partial charge in [0.25, 0.3) is 5.91 Å². The number of nitrogens with one attached hydrogen (secondary N) is 3. The number of hydrogen-bond acceptors (Lipinski definition) is 6. The molecule has 0 aliphatic carbocycles. The molecule has 8 heteroatoms. The summed E-state index contributed by atoms with van der Waals surface area (Å²) < 4.78 is 4.94. The molecule has 0 aliphatic rings. The maximum absolute atomic E-state index is 12.1. The van der Waals surface area contributed by atoms with E-state index in [1.807, 2.05) is 6.07 Å². The number of anilines is 3. The van der Waals surface area contributed by atoms with Crippen molar-refractivity contribution < 1.29 is 14.3 Å². The van der Waals surface area contributed by atoms with E-state index in [4.69, 9.17) is 4.74 Å². The minimum atomic E-state index is -0.270. The first-order valence-corrected chi connectivity index (χ1v) is 7.82. The summed E-state index contributed by atoms with van der Waals surface area (Å²) in [4.78, 5) is 31.3. The zero-order valence-corrected chi connectivity index (χ0v) is 14.2. The third kappa shape index (κ3) is 6.19. The molecule has 2 aromatic rings. The minimum absolute atomic E-state index is 0.147. The van der Waals surface area contributed by atoms with Crippen LogP contribution < -0.4 is 16.0 Å². The maximum atomic E-state index is 12.1. The summed E-state index contributed by atoms with van der Waals surface area (Å²) >= 11 is 0. The summed E-state index contributed by atoms with van der Waals surface area (Å²) in [6.45, 7) is 2.54. The summed E-state index contributed by atoms with van der Waals surface area (Å²) in [5.74, 6) is 0.0668. The van der Waals surface area contributed by atoms with E-state index in [9.17, 15) is 9.59 Å². The van der Waals surface area contributed by atoms with Gasteiger partial charge in [-0.15, -0.1) is 0 Å². The first-order valence-electron chi connectivity index (χ1n) is 7.82. The first kappa shape index (κ1) is 18.3. The average Bonchev–Trinajstić information content (AvgIpc) is 2.58. The Hall–Kier alpha value is -3.00. The number of amides is 2. The second-order valence-corrected chi connectivity index (χ2v) is 5.28. The molecule has 8 nitrogen and oxygen atoms in total. The van der Waals surface area contributed by atoms with Crippen molar-refractivity contribution in [3.63, 3.8) is 0 Å². The molecule has 0 saturated carbocycles. The predicted molar refractivity (Wildman–Crippen MR) is 94.9 cm³/mol. The van der Waals surface area contributed by atoms with Gasteiger partial charge in [-0.05, 0) is 24.6 Å². The van der Waals surface area contributed by atoms with Gasteiger partial charge in [0, 0.05) is 44.6 Å². The molecule has 1 aromatic carbocycles. The monoisotopic (exact) mass is 343 g/mol. The normalized spacial score (nSPS) is 10.2. The molecular formula is C17H21N5O3. The third-order valence-corrected chi connectivity index (χ3v) is 3.17. The van der Waals surface area contributed by atoms with E-state index in [0.29, 0.717) is 24.7 Å². The number of rotatable bonds is 8. The fourth-order valence-corrected chi connectivity index (χ4v) is 2.08. The SMILES string of the molecule is COCCCNC(=O)c1cc(Nc2cccc(NC(C)=O)c2)ncn1. The second-order valence-electron chi connectivity index (χ2n) is 5.28. The minimum Gasteiger partial charge on any atom is -0.385 e. The molecule has 2 amide bonds. The van der Waals surface area contributed by atoms with Gasteiger partial charge >= 0.3 is 0 Å². The van der Waals surface area contributed by atoms with Crippen molar-refractivity contribution in [2.24, 2.45) is 0 Å². The third-order valence-electron chi connectivity index (χ3n) is 3.17. The van der Waals surface area contributed by atoms with Crippen molar-refractivity contribution >= 4 is 29.0 Å². The lowest BCUT2D eigenvalue weighted by Gasteiger charge is -2.09. The number of carbonyl (C=O) groups is 2. The van der Waals surface area contributed by atoms with Gasteiger partial charge < -0.3 is 20.7 Å². The van der Waals surface area contributed by atoms with Crippen molar-refractivity contribution in [1.29, 1.82) is 0 Å². The maximum Gasteiger partial charge on any atom is 0.270 e.